The SMILES string of the molecule is Cc1nn(C)cc1/C=N/NC(=O)c1nn(Cc2cccc(Br)c2)cc1[N+](=O)[O-]. The molecule has 0 fully saturated rings. The van der Waals surface area contributed by atoms with Gasteiger partial charge >= 0.3 is 5.69 Å². The van der Waals surface area contributed by atoms with Crippen molar-refractivity contribution >= 4 is 33.7 Å². The molecule has 0 unspecified atom stereocenters. The highest BCUT2D eigenvalue weighted by Gasteiger charge is 2.25. The monoisotopic (exact) mass is 445 g/mol. The normalized spacial score (nSPS) is 11.1. The maximum atomic E-state index is 12.3. The number of aromatic nitrogens is 4. The molecule has 3 aromatic rings. The standard InChI is InChI=1S/C17H16BrN7O3/c1-11-13(9-23(2)21-11)7-19-20-17(26)16-15(25(27)28)10-24(22-16)8-12-4-3-5-14(18)6-12/h3-7,9-10H,8H2,1-2H3,(H,20,26)/b19-7+. The van der Waals surface area contributed by atoms with Crippen LogP contribution in [0.1, 0.15) is 27.3 Å². The number of rotatable bonds is 6. The summed E-state index contributed by atoms with van der Waals surface area (Å²) in [7, 11) is 1.77. The minimum absolute atomic E-state index is 0.283. The van der Waals surface area contributed by atoms with Crippen LogP contribution in [-0.4, -0.2) is 36.6 Å². The molecule has 144 valence electrons. The summed E-state index contributed by atoms with van der Waals surface area (Å²) in [6.45, 7) is 2.09. The molecule has 1 aromatic carbocycles. The number of benzene rings is 1. The van der Waals surface area contributed by atoms with Gasteiger partial charge in [-0.25, -0.2) is 5.43 Å². The lowest BCUT2D eigenvalue weighted by molar-refractivity contribution is -0.385. The lowest BCUT2D eigenvalue weighted by Crippen LogP contribution is -2.19. The molecule has 11 heteroatoms. The van der Waals surface area contributed by atoms with Crippen LogP contribution in [-0.2, 0) is 13.6 Å². The highest BCUT2D eigenvalue weighted by atomic mass is 79.9. The molecule has 3 rings (SSSR count). The second-order valence-electron chi connectivity index (χ2n) is 5.99. The Labute approximate surface area is 168 Å². The van der Waals surface area contributed by atoms with Gasteiger partial charge in [0.15, 0.2) is 0 Å². The second kappa shape index (κ2) is 8.13. The van der Waals surface area contributed by atoms with Gasteiger partial charge in [0.25, 0.3) is 5.91 Å². The predicted molar refractivity (Wildman–Crippen MR) is 105 cm³/mol. The number of nitro groups is 1. The van der Waals surface area contributed by atoms with E-state index in [0.717, 1.165) is 21.3 Å². The van der Waals surface area contributed by atoms with Crippen LogP contribution in [0.15, 0.2) is 46.2 Å². The summed E-state index contributed by atoms with van der Waals surface area (Å²) in [5, 5.41) is 23.4. The number of halogens is 1. The van der Waals surface area contributed by atoms with E-state index in [1.165, 1.54) is 17.1 Å². The number of amides is 1. The Morgan fingerprint density at radius 1 is 1.39 bits per heavy atom. The molecule has 1 N–H and O–H groups in total. The van der Waals surface area contributed by atoms with Crippen molar-refractivity contribution in [3.63, 3.8) is 0 Å². The number of hydrogen-bond donors (Lipinski definition) is 1. The molecule has 0 aliphatic carbocycles. The molecule has 0 radical (unpaired) electrons. The number of hydrazone groups is 1. The summed E-state index contributed by atoms with van der Waals surface area (Å²) in [5.41, 5.74) is 3.92. The van der Waals surface area contributed by atoms with Gasteiger partial charge in [0, 0.05) is 23.3 Å². The summed E-state index contributed by atoms with van der Waals surface area (Å²) >= 11 is 3.37. The zero-order valence-corrected chi connectivity index (χ0v) is 16.6. The molecule has 0 spiro atoms. The predicted octanol–water partition coefficient (Wildman–Crippen LogP) is 2.41. The molecular formula is C17H16BrN7O3. The number of nitrogens with zero attached hydrogens (tertiary/aromatic N) is 6. The topological polar surface area (TPSA) is 120 Å². The van der Waals surface area contributed by atoms with Crippen molar-refractivity contribution in [1.82, 2.24) is 25.0 Å². The van der Waals surface area contributed by atoms with Crippen molar-refractivity contribution in [1.29, 1.82) is 0 Å². The number of nitrogens with one attached hydrogen (secondary N) is 1. The molecule has 1 amide bonds. The molecule has 2 aromatic heterocycles. The average molecular weight is 446 g/mol. The van der Waals surface area contributed by atoms with Crippen LogP contribution in [0.2, 0.25) is 0 Å². The first-order valence-electron chi connectivity index (χ1n) is 8.13. The van der Waals surface area contributed by atoms with E-state index in [0.29, 0.717) is 0 Å². The minimum atomic E-state index is -0.766. The molecular weight excluding hydrogens is 430 g/mol. The maximum Gasteiger partial charge on any atom is 0.320 e. The Morgan fingerprint density at radius 2 is 2.18 bits per heavy atom. The number of carbonyl (C=O) groups is 1. The highest BCUT2D eigenvalue weighted by Crippen LogP contribution is 2.19. The van der Waals surface area contributed by atoms with Crippen molar-refractivity contribution in [2.75, 3.05) is 0 Å². The largest absolute Gasteiger partial charge is 0.320 e. The van der Waals surface area contributed by atoms with E-state index >= 15 is 0 Å². The van der Waals surface area contributed by atoms with Gasteiger partial charge in [0.2, 0.25) is 5.69 Å². The lowest BCUT2D eigenvalue weighted by atomic mass is 10.2. The second-order valence-corrected chi connectivity index (χ2v) is 6.91. The van der Waals surface area contributed by atoms with Gasteiger partial charge in [-0.3, -0.25) is 24.3 Å². The molecule has 0 bridgehead atoms. The molecule has 0 aliphatic heterocycles. The van der Waals surface area contributed by atoms with Crippen molar-refractivity contribution < 1.29 is 9.72 Å². The lowest BCUT2D eigenvalue weighted by Gasteiger charge is -2.01. The number of aryl methyl sites for hydroxylation is 2. The Kier molecular flexibility index (Phi) is 5.64. The fourth-order valence-electron chi connectivity index (χ4n) is 2.57. The van der Waals surface area contributed by atoms with E-state index in [1.807, 2.05) is 24.3 Å². The minimum Gasteiger partial charge on any atom is -0.275 e. The van der Waals surface area contributed by atoms with Crippen LogP contribution in [0.3, 0.4) is 0 Å². The molecule has 28 heavy (non-hydrogen) atoms. The van der Waals surface area contributed by atoms with Crippen molar-refractivity contribution in [2.45, 2.75) is 13.5 Å². The fraction of sp³-hybridized carbons (Fsp3) is 0.176. The van der Waals surface area contributed by atoms with Gasteiger partial charge in [0.1, 0.15) is 6.20 Å². The highest BCUT2D eigenvalue weighted by molar-refractivity contribution is 9.10. The smallest absolute Gasteiger partial charge is 0.275 e. The number of carbonyl (C=O) groups excluding carboxylic acids is 1. The molecule has 2 heterocycles. The summed E-state index contributed by atoms with van der Waals surface area (Å²) in [6, 6.07) is 7.45. The van der Waals surface area contributed by atoms with E-state index in [-0.39, 0.29) is 17.9 Å². The van der Waals surface area contributed by atoms with E-state index in [4.69, 9.17) is 0 Å². The zero-order valence-electron chi connectivity index (χ0n) is 15.0. The Morgan fingerprint density at radius 3 is 2.82 bits per heavy atom. The van der Waals surface area contributed by atoms with Gasteiger partial charge < -0.3 is 0 Å². The third-order valence-electron chi connectivity index (χ3n) is 3.81. The molecule has 10 nitrogen and oxygen atoms in total. The Hall–Kier alpha value is -3.34. The van der Waals surface area contributed by atoms with Crippen LogP contribution in [0.4, 0.5) is 5.69 Å². The van der Waals surface area contributed by atoms with E-state index < -0.39 is 10.8 Å². The van der Waals surface area contributed by atoms with Crippen molar-refractivity contribution in [3.05, 3.63) is 73.8 Å². The van der Waals surface area contributed by atoms with Crippen LogP contribution in [0.5, 0.6) is 0 Å². The van der Waals surface area contributed by atoms with Crippen molar-refractivity contribution in [3.8, 4) is 0 Å². The number of hydrogen-bond acceptors (Lipinski definition) is 6. The van der Waals surface area contributed by atoms with Gasteiger partial charge in [0.05, 0.1) is 23.4 Å². The Balaban J connectivity index is 1.78. The quantitative estimate of drug-likeness (QED) is 0.354. The first-order valence-corrected chi connectivity index (χ1v) is 8.92. The van der Waals surface area contributed by atoms with Crippen LogP contribution < -0.4 is 5.43 Å². The third-order valence-corrected chi connectivity index (χ3v) is 4.30. The van der Waals surface area contributed by atoms with Crippen molar-refractivity contribution in [2.24, 2.45) is 12.1 Å². The summed E-state index contributed by atoms with van der Waals surface area (Å²) in [4.78, 5) is 23.0. The summed E-state index contributed by atoms with van der Waals surface area (Å²) in [5.74, 6) is -0.766. The average Bonchev–Trinajstić information content (AvgIpc) is 3.18. The van der Waals surface area contributed by atoms with Crippen LogP contribution >= 0.6 is 15.9 Å². The van der Waals surface area contributed by atoms with E-state index in [1.54, 1.807) is 24.9 Å². The zero-order chi connectivity index (χ0) is 20.3. The molecule has 0 saturated heterocycles. The molecule has 0 saturated carbocycles. The first kappa shape index (κ1) is 19.4. The molecule has 0 atom stereocenters. The molecule has 0 aliphatic rings. The van der Waals surface area contributed by atoms with Gasteiger partial charge in [-0.15, -0.1) is 0 Å². The Bertz CT molecular complexity index is 1070. The maximum absolute atomic E-state index is 12.3. The van der Waals surface area contributed by atoms with E-state index in [9.17, 15) is 14.9 Å². The third kappa shape index (κ3) is 4.49. The summed E-state index contributed by atoms with van der Waals surface area (Å²) in [6.07, 6.45) is 4.38. The summed E-state index contributed by atoms with van der Waals surface area (Å²) < 4.78 is 3.85. The fourth-order valence-corrected chi connectivity index (χ4v) is 3.01. The first-order chi connectivity index (χ1) is 13.3. The van der Waals surface area contributed by atoms with E-state index in [2.05, 4.69) is 36.7 Å². The van der Waals surface area contributed by atoms with Gasteiger partial charge in [-0.2, -0.15) is 15.3 Å². The van der Waals surface area contributed by atoms with Crippen LogP contribution in [0, 0.1) is 17.0 Å². The van der Waals surface area contributed by atoms with Gasteiger partial charge in [-0.1, -0.05) is 28.1 Å². The van der Waals surface area contributed by atoms with Gasteiger partial charge in [-0.05, 0) is 24.6 Å². The van der Waals surface area contributed by atoms with Crippen LogP contribution in [0.25, 0.3) is 0 Å².